The lowest BCUT2D eigenvalue weighted by molar-refractivity contribution is 0.474. The first kappa shape index (κ1) is 13.0. The van der Waals surface area contributed by atoms with Crippen LogP contribution in [-0.4, -0.2) is 10.2 Å². The molecule has 0 saturated carbocycles. The van der Waals surface area contributed by atoms with Gasteiger partial charge in [0.05, 0.1) is 0 Å². The minimum Gasteiger partial charge on any atom is -0.508 e. The molecule has 0 saturated heterocycles. The molecule has 0 aliphatic heterocycles. The Morgan fingerprint density at radius 2 is 1.26 bits per heavy atom. The zero-order valence-electron chi connectivity index (χ0n) is 10.6. The molecule has 2 heteroatoms. The van der Waals surface area contributed by atoms with Gasteiger partial charge in [-0.3, -0.25) is 0 Å². The van der Waals surface area contributed by atoms with E-state index in [1.165, 1.54) is 0 Å². The Labute approximate surface area is 113 Å². The van der Waals surface area contributed by atoms with Crippen LogP contribution in [0.15, 0.2) is 67.3 Å². The summed E-state index contributed by atoms with van der Waals surface area (Å²) in [4.78, 5) is 0. The van der Waals surface area contributed by atoms with Crippen molar-refractivity contribution in [1.82, 2.24) is 0 Å². The quantitative estimate of drug-likeness (QED) is 0.810. The van der Waals surface area contributed by atoms with Crippen molar-refractivity contribution in [3.8, 4) is 11.5 Å². The van der Waals surface area contributed by atoms with Crippen LogP contribution >= 0.6 is 0 Å². The van der Waals surface area contributed by atoms with Crippen molar-refractivity contribution in [2.75, 3.05) is 0 Å². The molecule has 0 aliphatic carbocycles. The molecule has 0 unspecified atom stereocenters. The fraction of sp³-hybridized carbons (Fsp3) is 0.0588. The average Bonchev–Trinajstić information content (AvgIpc) is 2.41. The van der Waals surface area contributed by atoms with E-state index in [0.29, 0.717) is 6.42 Å². The molecule has 2 N–H and O–H groups in total. The number of hydrogen-bond donors (Lipinski definition) is 2. The summed E-state index contributed by atoms with van der Waals surface area (Å²) >= 11 is 0. The van der Waals surface area contributed by atoms with Gasteiger partial charge in [0, 0.05) is 0 Å². The lowest BCUT2D eigenvalue weighted by Gasteiger charge is -2.10. The van der Waals surface area contributed by atoms with Crippen LogP contribution in [0.4, 0.5) is 0 Å². The van der Waals surface area contributed by atoms with Gasteiger partial charge in [0.1, 0.15) is 11.5 Å². The third-order valence-corrected chi connectivity index (χ3v) is 3.00. The summed E-state index contributed by atoms with van der Waals surface area (Å²) in [6, 6.07) is 14.0. The van der Waals surface area contributed by atoms with Gasteiger partial charge in [-0.2, -0.15) is 0 Å². The largest absolute Gasteiger partial charge is 0.508 e. The number of rotatable bonds is 4. The van der Waals surface area contributed by atoms with E-state index in [1.807, 2.05) is 24.3 Å². The highest BCUT2D eigenvalue weighted by molar-refractivity contribution is 5.77. The second-order valence-electron chi connectivity index (χ2n) is 4.47. The predicted molar refractivity (Wildman–Crippen MR) is 78.1 cm³/mol. The van der Waals surface area contributed by atoms with Crippen molar-refractivity contribution in [1.29, 1.82) is 0 Å². The zero-order chi connectivity index (χ0) is 13.8. The van der Waals surface area contributed by atoms with E-state index in [2.05, 4.69) is 13.2 Å². The summed E-state index contributed by atoms with van der Waals surface area (Å²) in [6.07, 6.45) is 0.681. The Morgan fingerprint density at radius 1 is 0.789 bits per heavy atom. The third kappa shape index (κ3) is 3.26. The molecule has 0 amide bonds. The highest BCUT2D eigenvalue weighted by Gasteiger charge is 2.05. The summed E-state index contributed by atoms with van der Waals surface area (Å²) in [6.45, 7) is 8.08. The van der Waals surface area contributed by atoms with Crippen molar-refractivity contribution < 1.29 is 10.2 Å². The van der Waals surface area contributed by atoms with Crippen molar-refractivity contribution in [3.63, 3.8) is 0 Å². The normalized spacial score (nSPS) is 10.1. The van der Waals surface area contributed by atoms with Gasteiger partial charge in [-0.15, -0.1) is 0 Å². The molecule has 0 aromatic heterocycles. The molecule has 19 heavy (non-hydrogen) atoms. The summed E-state index contributed by atoms with van der Waals surface area (Å²) in [5.41, 5.74) is 3.79. The maximum atomic E-state index is 9.26. The van der Waals surface area contributed by atoms with Crippen LogP contribution in [-0.2, 0) is 6.42 Å². The number of hydrogen-bond acceptors (Lipinski definition) is 2. The lowest BCUT2D eigenvalue weighted by atomic mass is 9.95. The molecule has 2 rings (SSSR count). The molecule has 0 aliphatic rings. The number of aromatic hydroxyl groups is 2. The topological polar surface area (TPSA) is 40.5 Å². The van der Waals surface area contributed by atoms with Gasteiger partial charge in [0.25, 0.3) is 0 Å². The predicted octanol–water partition coefficient (Wildman–Crippen LogP) is 3.91. The van der Waals surface area contributed by atoms with E-state index >= 15 is 0 Å². The van der Waals surface area contributed by atoms with E-state index in [9.17, 15) is 10.2 Å². The zero-order valence-corrected chi connectivity index (χ0v) is 10.6. The van der Waals surface area contributed by atoms with E-state index in [4.69, 9.17) is 0 Å². The molecule has 2 nitrogen and oxygen atoms in total. The van der Waals surface area contributed by atoms with Gasteiger partial charge < -0.3 is 10.2 Å². The molecule has 96 valence electrons. The molecule has 2 aromatic rings. The molecular weight excluding hydrogens is 236 g/mol. The van der Waals surface area contributed by atoms with Gasteiger partial charge in [0.15, 0.2) is 0 Å². The van der Waals surface area contributed by atoms with Crippen LogP contribution in [0.25, 0.3) is 5.57 Å². The third-order valence-electron chi connectivity index (χ3n) is 3.00. The molecule has 0 fully saturated rings. The Hall–Kier alpha value is -2.48. The van der Waals surface area contributed by atoms with Crippen molar-refractivity contribution in [2.45, 2.75) is 6.42 Å². The Balaban J connectivity index is 2.09. The van der Waals surface area contributed by atoms with Crippen molar-refractivity contribution in [2.24, 2.45) is 0 Å². The van der Waals surface area contributed by atoms with Crippen LogP contribution in [0.3, 0.4) is 0 Å². The Morgan fingerprint density at radius 3 is 1.79 bits per heavy atom. The summed E-state index contributed by atoms with van der Waals surface area (Å²) < 4.78 is 0. The number of allylic oxidation sites excluding steroid dienone is 2. The number of benzene rings is 2. The summed E-state index contributed by atoms with van der Waals surface area (Å²) in [7, 11) is 0. The molecule has 0 atom stereocenters. The molecule has 0 heterocycles. The maximum Gasteiger partial charge on any atom is 0.115 e. The van der Waals surface area contributed by atoms with Crippen LogP contribution in [0.1, 0.15) is 11.1 Å². The minimum atomic E-state index is 0.237. The Kier molecular flexibility index (Phi) is 3.71. The number of phenolic OH excluding ortho intramolecular Hbond substituents is 2. The first-order chi connectivity index (χ1) is 9.06. The average molecular weight is 252 g/mol. The summed E-state index contributed by atoms with van der Waals surface area (Å²) in [5.74, 6) is 0.493. The maximum absolute atomic E-state index is 9.26. The van der Waals surface area contributed by atoms with Gasteiger partial charge in [-0.25, -0.2) is 0 Å². The van der Waals surface area contributed by atoms with Crippen LogP contribution < -0.4 is 0 Å². The highest BCUT2D eigenvalue weighted by Crippen LogP contribution is 2.25. The van der Waals surface area contributed by atoms with Crippen LogP contribution in [0.2, 0.25) is 0 Å². The molecule has 0 spiro atoms. The van der Waals surface area contributed by atoms with E-state index < -0.39 is 0 Å². The van der Waals surface area contributed by atoms with E-state index in [-0.39, 0.29) is 11.5 Å². The molecule has 0 bridgehead atoms. The fourth-order valence-corrected chi connectivity index (χ4v) is 1.83. The van der Waals surface area contributed by atoms with Crippen molar-refractivity contribution >= 4 is 5.57 Å². The van der Waals surface area contributed by atoms with E-state index in [0.717, 1.165) is 22.3 Å². The first-order valence-corrected chi connectivity index (χ1v) is 6.00. The fourth-order valence-electron chi connectivity index (χ4n) is 1.83. The van der Waals surface area contributed by atoms with Gasteiger partial charge in [-0.1, -0.05) is 37.4 Å². The minimum absolute atomic E-state index is 0.237. The second-order valence-corrected chi connectivity index (χ2v) is 4.47. The highest BCUT2D eigenvalue weighted by atomic mass is 16.3. The Bertz CT molecular complexity index is 592. The van der Waals surface area contributed by atoms with E-state index in [1.54, 1.807) is 24.3 Å². The lowest BCUT2D eigenvalue weighted by Crippen LogP contribution is -1.92. The summed E-state index contributed by atoms with van der Waals surface area (Å²) in [5, 5.41) is 18.5. The molecule has 2 aromatic carbocycles. The first-order valence-electron chi connectivity index (χ1n) is 6.00. The van der Waals surface area contributed by atoms with Gasteiger partial charge in [0.2, 0.25) is 0 Å². The molecule has 0 radical (unpaired) electrons. The standard InChI is InChI=1S/C17H16O2/c1-12(11-14-3-7-16(18)8-4-14)13(2)15-5-9-17(19)10-6-15/h3-10,18-19H,1-2,11H2. The van der Waals surface area contributed by atoms with Crippen LogP contribution in [0, 0.1) is 0 Å². The van der Waals surface area contributed by atoms with Gasteiger partial charge in [-0.05, 0) is 53.0 Å². The molecular formula is C17H16O2. The van der Waals surface area contributed by atoms with Gasteiger partial charge >= 0.3 is 0 Å². The number of phenols is 2. The van der Waals surface area contributed by atoms with Crippen LogP contribution in [0.5, 0.6) is 11.5 Å². The second kappa shape index (κ2) is 5.44. The van der Waals surface area contributed by atoms with Crippen molar-refractivity contribution in [3.05, 3.63) is 78.4 Å². The SMILES string of the molecule is C=C(Cc1ccc(O)cc1)C(=C)c1ccc(O)cc1. The smallest absolute Gasteiger partial charge is 0.115 e. The monoisotopic (exact) mass is 252 g/mol.